The molecule has 1 aliphatic carbocycles. The molecule has 4 rings (SSSR count). The number of aliphatic hydroxyl groups is 1. The van der Waals surface area contributed by atoms with Crippen molar-refractivity contribution in [1.82, 2.24) is 10.2 Å². The number of urea groups is 1. The van der Waals surface area contributed by atoms with Gasteiger partial charge in [-0.3, -0.25) is 9.69 Å². The molecule has 2 atom stereocenters. The third kappa shape index (κ3) is 3.75. The molecule has 1 aromatic heterocycles. The zero-order valence-corrected chi connectivity index (χ0v) is 17.0. The van der Waals surface area contributed by atoms with Gasteiger partial charge in [0.1, 0.15) is 11.3 Å². The van der Waals surface area contributed by atoms with Gasteiger partial charge in [0.15, 0.2) is 0 Å². The molecule has 0 unspecified atom stereocenters. The van der Waals surface area contributed by atoms with Gasteiger partial charge in [-0.2, -0.15) is 0 Å². The lowest BCUT2D eigenvalue weighted by Crippen LogP contribution is -2.46. The summed E-state index contributed by atoms with van der Waals surface area (Å²) in [4.78, 5) is 27.9. The fourth-order valence-electron chi connectivity index (χ4n) is 4.01. The van der Waals surface area contributed by atoms with Crippen molar-refractivity contribution in [2.75, 3.05) is 20.3 Å². The summed E-state index contributed by atoms with van der Waals surface area (Å²) in [5.74, 6) is 0.480. The Hall–Kier alpha value is -2.42. The van der Waals surface area contributed by atoms with Crippen LogP contribution in [0.1, 0.15) is 28.8 Å². The summed E-state index contributed by atoms with van der Waals surface area (Å²) in [7, 11) is 1.61. The van der Waals surface area contributed by atoms with Crippen molar-refractivity contribution < 1.29 is 24.2 Å². The third-order valence-corrected chi connectivity index (χ3v) is 6.45. The number of methoxy groups -OCH3 is 1. The zero-order chi connectivity index (χ0) is 20.4. The first-order chi connectivity index (χ1) is 14.0. The molecule has 154 valence electrons. The van der Waals surface area contributed by atoms with Crippen molar-refractivity contribution in [3.05, 3.63) is 51.7 Å². The number of carbonyl (C=O) groups is 2. The smallest absolute Gasteiger partial charge is 0.325 e. The number of fused-ring (bicyclic) bond motifs is 2. The van der Waals surface area contributed by atoms with E-state index >= 15 is 0 Å². The maximum atomic E-state index is 13.1. The molecule has 0 bridgehead atoms. The van der Waals surface area contributed by atoms with Crippen molar-refractivity contribution >= 4 is 23.3 Å². The van der Waals surface area contributed by atoms with E-state index in [1.165, 1.54) is 0 Å². The van der Waals surface area contributed by atoms with E-state index in [1.54, 1.807) is 18.4 Å². The number of rotatable bonds is 7. The van der Waals surface area contributed by atoms with Gasteiger partial charge in [0, 0.05) is 10.4 Å². The number of hydrogen-bond acceptors (Lipinski definition) is 6. The Balaban J connectivity index is 1.34. The van der Waals surface area contributed by atoms with Crippen LogP contribution in [0.2, 0.25) is 0 Å². The van der Waals surface area contributed by atoms with Crippen LogP contribution in [0, 0.1) is 0 Å². The number of aliphatic hydroxyl groups excluding tert-OH is 1. The topological polar surface area (TPSA) is 88.1 Å². The van der Waals surface area contributed by atoms with Crippen molar-refractivity contribution in [3.8, 4) is 5.75 Å². The fourth-order valence-corrected chi connectivity index (χ4v) is 5.01. The van der Waals surface area contributed by atoms with Crippen LogP contribution in [0.3, 0.4) is 0 Å². The number of nitrogens with zero attached hydrogens (tertiary/aromatic N) is 1. The summed E-state index contributed by atoms with van der Waals surface area (Å²) in [6.07, 6.45) is 1.41. The summed E-state index contributed by atoms with van der Waals surface area (Å²) in [6, 6.07) is 8.91. The molecule has 0 saturated carbocycles. The number of thiophene rings is 1. The molecule has 3 amide bonds. The van der Waals surface area contributed by atoms with Gasteiger partial charge in [0.05, 0.1) is 33.0 Å². The summed E-state index contributed by atoms with van der Waals surface area (Å²) >= 11 is 1.62. The summed E-state index contributed by atoms with van der Waals surface area (Å²) in [6.45, 7) is 0.262. The summed E-state index contributed by atoms with van der Waals surface area (Å²) in [5, 5.41) is 15.2. The molecule has 2 aliphatic rings. The molecule has 1 spiro atoms. The molecule has 7 nitrogen and oxygen atoms in total. The van der Waals surface area contributed by atoms with E-state index in [0.717, 1.165) is 39.5 Å². The van der Waals surface area contributed by atoms with Crippen LogP contribution < -0.4 is 10.1 Å². The molecule has 1 fully saturated rings. The first-order valence-electron chi connectivity index (χ1n) is 9.63. The van der Waals surface area contributed by atoms with Crippen LogP contribution in [-0.2, 0) is 28.1 Å². The van der Waals surface area contributed by atoms with E-state index in [2.05, 4.69) is 5.32 Å². The van der Waals surface area contributed by atoms with Gasteiger partial charge >= 0.3 is 6.03 Å². The predicted molar refractivity (Wildman–Crippen MR) is 108 cm³/mol. The highest BCUT2D eigenvalue weighted by Gasteiger charge is 2.54. The molecule has 1 aliphatic heterocycles. The SMILES string of the molecule is COc1ccc(COC[C@@H](O)CN2C(=O)N[C@]3(CCCc4sccc43)C2=O)cc1. The standard InChI is InChI=1S/C21H24N2O5S/c1-27-16-6-4-14(5-7-16)12-28-13-15(24)11-23-19(25)21(22-20(23)26)9-2-3-18-17(21)8-10-29-18/h4-8,10,15,24H,2-3,9,11-13H2,1H3,(H,22,26)/t15-,21-/m0/s1. The van der Waals surface area contributed by atoms with Gasteiger partial charge in [0.25, 0.3) is 5.91 Å². The summed E-state index contributed by atoms with van der Waals surface area (Å²) in [5.41, 5.74) is 0.868. The Labute approximate surface area is 173 Å². The third-order valence-electron chi connectivity index (χ3n) is 5.47. The molecule has 2 N–H and O–H groups in total. The van der Waals surface area contributed by atoms with Crippen LogP contribution in [0.4, 0.5) is 4.79 Å². The average Bonchev–Trinajstić information content (AvgIpc) is 3.29. The number of β-amino-alcohol motifs (C(OH)–C–C–N with tert-alkyl or cyclic N) is 1. The second-order valence-corrected chi connectivity index (χ2v) is 8.38. The van der Waals surface area contributed by atoms with Crippen molar-refractivity contribution in [2.24, 2.45) is 0 Å². The van der Waals surface area contributed by atoms with Gasteiger partial charge in [-0.1, -0.05) is 12.1 Å². The highest BCUT2D eigenvalue weighted by atomic mass is 32.1. The van der Waals surface area contributed by atoms with E-state index in [-0.39, 0.29) is 19.1 Å². The van der Waals surface area contributed by atoms with Crippen LogP contribution >= 0.6 is 11.3 Å². The van der Waals surface area contributed by atoms with Crippen LogP contribution in [-0.4, -0.2) is 48.3 Å². The second-order valence-electron chi connectivity index (χ2n) is 7.38. The minimum atomic E-state index is -0.978. The van der Waals surface area contributed by atoms with Crippen molar-refractivity contribution in [1.29, 1.82) is 0 Å². The molecule has 8 heteroatoms. The zero-order valence-electron chi connectivity index (χ0n) is 16.2. The molecule has 1 saturated heterocycles. The average molecular weight is 416 g/mol. The monoisotopic (exact) mass is 416 g/mol. The lowest BCUT2D eigenvalue weighted by Gasteiger charge is -2.31. The Morgan fingerprint density at radius 2 is 2.07 bits per heavy atom. The van der Waals surface area contributed by atoms with Crippen LogP contribution in [0.5, 0.6) is 5.75 Å². The van der Waals surface area contributed by atoms with Crippen molar-refractivity contribution in [2.45, 2.75) is 37.5 Å². The van der Waals surface area contributed by atoms with Gasteiger partial charge in [-0.25, -0.2) is 4.79 Å². The minimum Gasteiger partial charge on any atom is -0.497 e. The number of nitrogens with one attached hydrogen (secondary N) is 1. The Kier molecular flexibility index (Phi) is 5.58. The van der Waals surface area contributed by atoms with Gasteiger partial charge in [-0.05, 0) is 48.4 Å². The minimum absolute atomic E-state index is 0.0276. The number of imide groups is 1. The number of hydrogen-bond donors (Lipinski definition) is 2. The number of carbonyl (C=O) groups excluding carboxylic acids is 2. The summed E-state index contributed by atoms with van der Waals surface area (Å²) < 4.78 is 10.7. The maximum Gasteiger partial charge on any atom is 0.325 e. The van der Waals surface area contributed by atoms with E-state index in [0.29, 0.717) is 13.0 Å². The quantitative estimate of drug-likeness (QED) is 0.677. The highest BCUT2D eigenvalue weighted by molar-refractivity contribution is 7.10. The molecule has 2 aromatic rings. The van der Waals surface area contributed by atoms with Crippen LogP contribution in [0.15, 0.2) is 35.7 Å². The lowest BCUT2D eigenvalue weighted by molar-refractivity contribution is -0.133. The first-order valence-corrected chi connectivity index (χ1v) is 10.5. The number of ether oxygens (including phenoxy) is 2. The van der Waals surface area contributed by atoms with E-state index in [4.69, 9.17) is 9.47 Å². The normalized spacial score (nSPS) is 21.9. The fraction of sp³-hybridized carbons (Fsp3) is 0.429. The number of benzene rings is 1. The van der Waals surface area contributed by atoms with Gasteiger partial charge in [0.2, 0.25) is 0 Å². The van der Waals surface area contributed by atoms with Crippen LogP contribution in [0.25, 0.3) is 0 Å². The van der Waals surface area contributed by atoms with Crippen molar-refractivity contribution in [3.63, 3.8) is 0 Å². The highest BCUT2D eigenvalue weighted by Crippen LogP contribution is 2.42. The lowest BCUT2D eigenvalue weighted by atomic mass is 9.80. The molecule has 2 heterocycles. The van der Waals surface area contributed by atoms with E-state index < -0.39 is 17.7 Å². The maximum absolute atomic E-state index is 13.1. The molecule has 0 radical (unpaired) electrons. The Bertz CT molecular complexity index is 897. The van der Waals surface area contributed by atoms with E-state index in [9.17, 15) is 14.7 Å². The van der Waals surface area contributed by atoms with E-state index in [1.807, 2.05) is 35.7 Å². The van der Waals surface area contributed by atoms with Gasteiger partial charge in [-0.15, -0.1) is 11.3 Å². The number of aryl methyl sites for hydroxylation is 1. The van der Waals surface area contributed by atoms with Gasteiger partial charge < -0.3 is 19.9 Å². The number of amides is 3. The Morgan fingerprint density at radius 1 is 1.28 bits per heavy atom. The predicted octanol–water partition coefficient (Wildman–Crippen LogP) is 2.42. The molecule has 1 aromatic carbocycles. The largest absolute Gasteiger partial charge is 0.497 e. The molecule has 29 heavy (non-hydrogen) atoms. The molecular weight excluding hydrogens is 392 g/mol. The Morgan fingerprint density at radius 3 is 2.83 bits per heavy atom. The second kappa shape index (κ2) is 8.14. The first kappa shape index (κ1) is 19.9. The molecular formula is C21H24N2O5S.